The van der Waals surface area contributed by atoms with Crippen LogP contribution in [0.4, 0.5) is 0 Å². The fraction of sp³-hybridized carbons (Fsp3) is 1.00. The molecule has 2 saturated heterocycles. The molecular formula is C13H25O14P. The van der Waals surface area contributed by atoms with Crippen LogP contribution in [0.3, 0.4) is 0 Å². The molecular weight excluding hydrogens is 411 g/mol. The van der Waals surface area contributed by atoms with Crippen LogP contribution in [-0.4, -0.2) is 122 Å². The molecule has 0 bridgehead atoms. The number of aliphatic hydroxyl groups is 7. The zero-order valence-electron chi connectivity index (χ0n) is 14.7. The van der Waals surface area contributed by atoms with Crippen LogP contribution in [-0.2, 0) is 27.8 Å². The molecule has 14 nitrogen and oxygen atoms in total. The summed E-state index contributed by atoms with van der Waals surface area (Å²) in [5, 5.41) is 67.5. The monoisotopic (exact) mass is 436 g/mol. The van der Waals surface area contributed by atoms with Crippen molar-refractivity contribution in [1.82, 2.24) is 0 Å². The van der Waals surface area contributed by atoms with Gasteiger partial charge in [-0.1, -0.05) is 0 Å². The van der Waals surface area contributed by atoms with Gasteiger partial charge in [-0.3, -0.25) is 9.05 Å². The molecule has 0 saturated carbocycles. The Hall–Kier alpha value is -0.290. The first-order valence-corrected chi connectivity index (χ1v) is 9.71. The van der Waals surface area contributed by atoms with Gasteiger partial charge in [0.05, 0.1) is 13.2 Å². The molecule has 0 radical (unpaired) electrons. The summed E-state index contributed by atoms with van der Waals surface area (Å²) < 4.78 is 36.5. The minimum atomic E-state index is -5.14. The fourth-order valence-corrected chi connectivity index (χ4v) is 3.98. The zero-order chi connectivity index (χ0) is 21.2. The predicted molar refractivity (Wildman–Crippen MR) is 84.3 cm³/mol. The van der Waals surface area contributed by atoms with Gasteiger partial charge in [-0.05, 0) is 0 Å². The second kappa shape index (κ2) is 9.68. The summed E-state index contributed by atoms with van der Waals surface area (Å²) in [6.45, 7) is -1.57. The molecule has 0 amide bonds. The van der Waals surface area contributed by atoms with Crippen molar-refractivity contribution >= 4 is 7.82 Å². The Labute approximate surface area is 159 Å². The van der Waals surface area contributed by atoms with Crippen LogP contribution in [0.15, 0.2) is 0 Å². The Morgan fingerprint density at radius 2 is 1.43 bits per heavy atom. The molecule has 0 spiro atoms. The van der Waals surface area contributed by atoms with E-state index in [1.165, 1.54) is 0 Å². The van der Waals surface area contributed by atoms with Crippen LogP contribution in [0, 0.1) is 0 Å². The van der Waals surface area contributed by atoms with Crippen molar-refractivity contribution in [2.45, 2.75) is 61.4 Å². The van der Waals surface area contributed by atoms with Crippen molar-refractivity contribution in [3.05, 3.63) is 0 Å². The Morgan fingerprint density at radius 3 is 1.96 bits per heavy atom. The molecule has 0 aromatic heterocycles. The van der Waals surface area contributed by atoms with Crippen LogP contribution >= 0.6 is 7.82 Å². The van der Waals surface area contributed by atoms with E-state index in [9.17, 15) is 45.2 Å². The predicted octanol–water partition coefficient (Wildman–Crippen LogP) is -4.63. The molecule has 2 aliphatic heterocycles. The van der Waals surface area contributed by atoms with E-state index in [1.54, 1.807) is 0 Å². The molecule has 166 valence electrons. The van der Waals surface area contributed by atoms with Gasteiger partial charge in [-0.2, -0.15) is 0 Å². The maximum absolute atomic E-state index is 12.3. The van der Waals surface area contributed by atoms with E-state index in [4.69, 9.17) is 23.3 Å². The molecule has 2 aliphatic rings. The highest BCUT2D eigenvalue weighted by Crippen LogP contribution is 2.49. The zero-order valence-corrected chi connectivity index (χ0v) is 15.6. The van der Waals surface area contributed by atoms with E-state index >= 15 is 0 Å². The first-order chi connectivity index (χ1) is 13.1. The first-order valence-electron chi connectivity index (χ1n) is 8.21. The number of methoxy groups -OCH3 is 1. The van der Waals surface area contributed by atoms with Crippen LogP contribution in [0.2, 0.25) is 0 Å². The largest absolute Gasteiger partial charge is 0.475 e. The minimum absolute atomic E-state index is 0.726. The second-order valence-electron chi connectivity index (χ2n) is 6.28. The smallest absolute Gasteiger partial charge is 0.394 e. The van der Waals surface area contributed by atoms with E-state index in [-0.39, 0.29) is 0 Å². The quantitative estimate of drug-likeness (QED) is 0.176. The molecule has 2 unspecified atom stereocenters. The van der Waals surface area contributed by atoms with Gasteiger partial charge < -0.3 is 54.8 Å². The maximum atomic E-state index is 12.3. The van der Waals surface area contributed by atoms with E-state index in [1.807, 2.05) is 0 Å². The average molecular weight is 436 g/mol. The molecule has 11 atom stereocenters. The number of hydrogen-bond donors (Lipinski definition) is 8. The third-order valence-electron chi connectivity index (χ3n) is 4.43. The molecule has 0 aromatic carbocycles. The summed E-state index contributed by atoms with van der Waals surface area (Å²) in [7, 11) is -4.01. The highest BCUT2D eigenvalue weighted by atomic mass is 31.2. The summed E-state index contributed by atoms with van der Waals surface area (Å²) in [6.07, 6.45) is -16.8. The van der Waals surface area contributed by atoms with Gasteiger partial charge >= 0.3 is 7.82 Å². The fourth-order valence-electron chi connectivity index (χ4n) is 2.93. The standard InChI is InChI=1S/C13H25O14P/c1-23-11-6(16)4(2-14)25-13(9(11)19)27-28(21,22)26-10-5(3-15)24-12(20)8(18)7(10)17/h4-20H,2-3H2,1H3,(H,21,22)/t4-,5-,6-,7-,8-,9-,10-,11+,12?,13-/m1/s1. The molecule has 0 aromatic rings. The minimum Gasteiger partial charge on any atom is -0.394 e. The molecule has 2 fully saturated rings. The van der Waals surface area contributed by atoms with Gasteiger partial charge in [-0.25, -0.2) is 4.57 Å². The van der Waals surface area contributed by atoms with Crippen molar-refractivity contribution in [2.75, 3.05) is 20.3 Å². The van der Waals surface area contributed by atoms with Gasteiger partial charge in [-0.15, -0.1) is 0 Å². The van der Waals surface area contributed by atoms with Crippen molar-refractivity contribution in [2.24, 2.45) is 0 Å². The number of rotatable bonds is 7. The Balaban J connectivity index is 2.12. The SMILES string of the molecule is CO[C@@H]1[C@@H](O)[C@@H](OP(=O)(O)O[C@H]2[C@H](O)[C@@H](O)C(O)O[C@@H]2CO)O[C@H](CO)[C@H]1O. The lowest BCUT2D eigenvalue weighted by Crippen LogP contribution is -2.60. The number of ether oxygens (including phenoxy) is 3. The number of phosphoric acid groups is 1. The first kappa shape index (κ1) is 24.0. The third kappa shape index (κ3) is 5.06. The van der Waals surface area contributed by atoms with Crippen molar-refractivity contribution in [3.63, 3.8) is 0 Å². The second-order valence-corrected chi connectivity index (χ2v) is 7.64. The van der Waals surface area contributed by atoms with E-state index in [0.717, 1.165) is 7.11 Å². The third-order valence-corrected chi connectivity index (χ3v) is 5.41. The van der Waals surface area contributed by atoms with Crippen molar-refractivity contribution in [1.29, 1.82) is 0 Å². The Kier molecular flexibility index (Phi) is 8.29. The topological polar surface area (TPSA) is 225 Å². The van der Waals surface area contributed by atoms with Gasteiger partial charge in [0.1, 0.15) is 48.8 Å². The normalized spacial score (nSPS) is 46.9. The van der Waals surface area contributed by atoms with Gasteiger partial charge in [0.15, 0.2) is 12.6 Å². The van der Waals surface area contributed by atoms with E-state index < -0.39 is 82.4 Å². The molecule has 0 aliphatic carbocycles. The highest BCUT2D eigenvalue weighted by molar-refractivity contribution is 7.47. The highest BCUT2D eigenvalue weighted by Gasteiger charge is 2.51. The summed E-state index contributed by atoms with van der Waals surface area (Å²) in [6, 6.07) is 0. The summed E-state index contributed by atoms with van der Waals surface area (Å²) >= 11 is 0. The van der Waals surface area contributed by atoms with Crippen molar-refractivity contribution < 1.29 is 68.5 Å². The van der Waals surface area contributed by atoms with Gasteiger partial charge in [0, 0.05) is 7.11 Å². The van der Waals surface area contributed by atoms with E-state index in [2.05, 4.69) is 0 Å². The Bertz CT molecular complexity index is 547. The molecule has 28 heavy (non-hydrogen) atoms. The molecule has 8 N–H and O–H groups in total. The number of phosphoric ester groups is 1. The van der Waals surface area contributed by atoms with Gasteiger partial charge in [0.25, 0.3) is 0 Å². The molecule has 15 heteroatoms. The summed E-state index contributed by atoms with van der Waals surface area (Å²) in [5.41, 5.74) is 0. The number of hydrogen-bond acceptors (Lipinski definition) is 13. The van der Waals surface area contributed by atoms with Crippen LogP contribution in [0.5, 0.6) is 0 Å². The Morgan fingerprint density at radius 1 is 0.821 bits per heavy atom. The van der Waals surface area contributed by atoms with Crippen LogP contribution < -0.4 is 0 Å². The lowest BCUT2D eigenvalue weighted by molar-refractivity contribution is -0.295. The van der Waals surface area contributed by atoms with E-state index in [0.29, 0.717) is 0 Å². The molecule has 2 rings (SSSR count). The lowest BCUT2D eigenvalue weighted by atomic mass is 9.99. The molecule has 2 heterocycles. The maximum Gasteiger partial charge on any atom is 0.475 e. The lowest BCUT2D eigenvalue weighted by Gasteiger charge is -2.42. The van der Waals surface area contributed by atoms with Gasteiger partial charge in [0.2, 0.25) is 0 Å². The summed E-state index contributed by atoms with van der Waals surface area (Å²) in [5.74, 6) is 0. The summed E-state index contributed by atoms with van der Waals surface area (Å²) in [4.78, 5) is 9.97. The van der Waals surface area contributed by atoms with Crippen molar-refractivity contribution in [3.8, 4) is 0 Å². The van der Waals surface area contributed by atoms with Crippen LogP contribution in [0.1, 0.15) is 0 Å². The number of aliphatic hydroxyl groups excluding tert-OH is 7. The average Bonchev–Trinajstić information content (AvgIpc) is 2.64. The van der Waals surface area contributed by atoms with Crippen LogP contribution in [0.25, 0.3) is 0 Å².